The van der Waals surface area contributed by atoms with E-state index in [0.717, 1.165) is 0 Å². The number of carbonyl (C=O) groups excluding carboxylic acids is 1. The van der Waals surface area contributed by atoms with Crippen LogP contribution in [-0.4, -0.2) is 31.9 Å². The van der Waals surface area contributed by atoms with Crippen molar-refractivity contribution in [1.29, 1.82) is 0 Å². The van der Waals surface area contributed by atoms with E-state index >= 15 is 0 Å². The Morgan fingerprint density at radius 1 is 0.933 bits per heavy atom. The van der Waals surface area contributed by atoms with Crippen molar-refractivity contribution >= 4 is 33.4 Å². The van der Waals surface area contributed by atoms with Gasteiger partial charge in [-0.05, 0) is 48.5 Å². The number of hydrogen-bond donors (Lipinski definition) is 3. The number of nitrogens with zero attached hydrogens (tertiary/aromatic N) is 1. The van der Waals surface area contributed by atoms with Crippen molar-refractivity contribution in [3.8, 4) is 5.75 Å². The summed E-state index contributed by atoms with van der Waals surface area (Å²) in [5, 5.41) is 5.57. The number of aliphatic imine (C=N–C) groups is 1. The summed E-state index contributed by atoms with van der Waals surface area (Å²) >= 11 is 0. The predicted octanol–water partition coefficient (Wildman–Crippen LogP) is 3.47. The molecule has 0 aromatic heterocycles. The smallest absolute Gasteiger partial charge is 0.296 e. The molecule has 0 spiro atoms. The summed E-state index contributed by atoms with van der Waals surface area (Å²) in [6.07, 6.45) is 0. The zero-order valence-corrected chi connectivity index (χ0v) is 16.8. The zero-order valence-electron chi connectivity index (χ0n) is 15.9. The lowest BCUT2D eigenvalue weighted by molar-refractivity contribution is 0.0977. The van der Waals surface area contributed by atoms with Gasteiger partial charge in [0, 0.05) is 11.3 Å². The fourth-order valence-corrected chi connectivity index (χ4v) is 3.18. The number of methoxy groups -OCH3 is 1. The lowest BCUT2D eigenvalue weighted by atomic mass is 10.2. The molecule has 0 aliphatic heterocycles. The maximum atomic E-state index is 12.6. The number of rotatable bonds is 5. The van der Waals surface area contributed by atoms with Crippen LogP contribution in [0.3, 0.4) is 0 Å². The molecule has 0 saturated heterocycles. The normalized spacial score (nSPS) is 11.6. The van der Waals surface area contributed by atoms with Gasteiger partial charge in [0.25, 0.3) is 16.0 Å². The van der Waals surface area contributed by atoms with E-state index in [1.54, 1.807) is 67.8 Å². The Bertz CT molecular complexity index is 1160. The first kappa shape index (κ1) is 21.0. The van der Waals surface area contributed by atoms with Gasteiger partial charge in [0.1, 0.15) is 10.6 Å². The van der Waals surface area contributed by atoms with Crippen molar-refractivity contribution in [3.05, 3.63) is 84.4 Å². The first-order chi connectivity index (χ1) is 14.4. The van der Waals surface area contributed by atoms with Gasteiger partial charge in [0.05, 0.1) is 12.8 Å². The molecule has 3 aromatic rings. The van der Waals surface area contributed by atoms with Crippen LogP contribution in [0.5, 0.6) is 5.75 Å². The molecular formula is C21H19N3O5S. The van der Waals surface area contributed by atoms with Crippen LogP contribution in [0.15, 0.2) is 88.8 Å². The van der Waals surface area contributed by atoms with Crippen LogP contribution in [0.2, 0.25) is 0 Å². The molecule has 0 radical (unpaired) electrons. The Morgan fingerprint density at radius 3 is 2.20 bits per heavy atom. The molecule has 0 unspecified atom stereocenters. The molecule has 0 aliphatic carbocycles. The lowest BCUT2D eigenvalue weighted by Gasteiger charge is -2.13. The van der Waals surface area contributed by atoms with Gasteiger partial charge >= 0.3 is 0 Å². The van der Waals surface area contributed by atoms with E-state index in [4.69, 9.17) is 4.74 Å². The summed E-state index contributed by atoms with van der Waals surface area (Å²) in [7, 11) is -2.96. The Hall–Kier alpha value is -3.69. The van der Waals surface area contributed by atoms with Crippen molar-refractivity contribution in [2.75, 3.05) is 12.4 Å². The molecule has 3 N–H and O–H groups in total. The molecule has 9 heteroatoms. The summed E-state index contributed by atoms with van der Waals surface area (Å²) in [6, 6.07) is 21.0. The van der Waals surface area contributed by atoms with Crippen LogP contribution in [0.1, 0.15) is 10.4 Å². The highest BCUT2D eigenvalue weighted by Crippen LogP contribution is 2.24. The monoisotopic (exact) mass is 425 g/mol. The summed E-state index contributed by atoms with van der Waals surface area (Å²) in [6.45, 7) is 0. The molecule has 1 amide bonds. The Labute approximate surface area is 174 Å². The Balaban J connectivity index is 1.98. The minimum atomic E-state index is -4.51. The number of nitrogens with one attached hydrogen (secondary N) is 2. The van der Waals surface area contributed by atoms with Gasteiger partial charge in [0.2, 0.25) is 5.96 Å². The van der Waals surface area contributed by atoms with Gasteiger partial charge in [0.15, 0.2) is 0 Å². The van der Waals surface area contributed by atoms with Crippen molar-refractivity contribution in [1.82, 2.24) is 5.32 Å². The fourth-order valence-electron chi connectivity index (χ4n) is 2.56. The molecule has 3 rings (SSSR count). The molecule has 0 heterocycles. The summed E-state index contributed by atoms with van der Waals surface area (Å²) in [5.41, 5.74) is 0.932. The highest BCUT2D eigenvalue weighted by molar-refractivity contribution is 7.86. The van der Waals surface area contributed by atoms with Crippen molar-refractivity contribution in [2.45, 2.75) is 4.90 Å². The van der Waals surface area contributed by atoms with E-state index in [-0.39, 0.29) is 16.5 Å². The molecule has 0 saturated carbocycles. The minimum Gasteiger partial charge on any atom is -0.497 e. The average molecular weight is 425 g/mol. The number of amides is 1. The van der Waals surface area contributed by atoms with Crippen molar-refractivity contribution < 1.29 is 22.5 Å². The van der Waals surface area contributed by atoms with Crippen molar-refractivity contribution in [2.24, 2.45) is 4.99 Å². The van der Waals surface area contributed by atoms with Gasteiger partial charge in [-0.3, -0.25) is 14.7 Å². The second-order valence-electron chi connectivity index (χ2n) is 6.08. The number of anilines is 1. The van der Waals surface area contributed by atoms with Gasteiger partial charge in [-0.1, -0.05) is 30.3 Å². The molecule has 30 heavy (non-hydrogen) atoms. The summed E-state index contributed by atoms with van der Waals surface area (Å²) in [4.78, 5) is 16.4. The van der Waals surface area contributed by atoms with E-state index in [1.807, 2.05) is 0 Å². The molecule has 0 fully saturated rings. The van der Waals surface area contributed by atoms with Crippen LogP contribution in [0.4, 0.5) is 11.4 Å². The molecule has 0 atom stereocenters. The average Bonchev–Trinajstić information content (AvgIpc) is 2.74. The topological polar surface area (TPSA) is 117 Å². The fraction of sp³-hybridized carbons (Fsp3) is 0.0476. The molecule has 3 aromatic carbocycles. The maximum absolute atomic E-state index is 12.6. The third kappa shape index (κ3) is 5.43. The molecular weight excluding hydrogens is 406 g/mol. The Morgan fingerprint density at radius 2 is 1.57 bits per heavy atom. The van der Waals surface area contributed by atoms with Crippen LogP contribution < -0.4 is 15.4 Å². The summed E-state index contributed by atoms with van der Waals surface area (Å²) < 4.78 is 37.9. The lowest BCUT2D eigenvalue weighted by Crippen LogP contribution is -2.35. The largest absolute Gasteiger partial charge is 0.497 e. The number of para-hydroxylation sites is 1. The van der Waals surface area contributed by atoms with Crippen LogP contribution in [0.25, 0.3) is 0 Å². The quantitative estimate of drug-likeness (QED) is 0.327. The van der Waals surface area contributed by atoms with E-state index in [2.05, 4.69) is 15.6 Å². The van der Waals surface area contributed by atoms with E-state index in [9.17, 15) is 17.8 Å². The predicted molar refractivity (Wildman–Crippen MR) is 114 cm³/mol. The minimum absolute atomic E-state index is 0.0230. The zero-order chi connectivity index (χ0) is 21.6. The molecule has 0 bridgehead atoms. The van der Waals surface area contributed by atoms with E-state index in [1.165, 1.54) is 18.2 Å². The first-order valence-electron chi connectivity index (χ1n) is 8.79. The standard InChI is InChI=1S/C21H19N3O5S/c1-29-17-13-11-16(12-14-17)22-21(24-20(25)15-7-3-2-4-8-15)23-18-9-5-6-10-19(18)30(26,27)28/h2-14H,1H3,(H,26,27,28)(H2,22,23,24,25). The Kier molecular flexibility index (Phi) is 6.45. The van der Waals surface area contributed by atoms with E-state index in [0.29, 0.717) is 17.0 Å². The van der Waals surface area contributed by atoms with Crippen molar-refractivity contribution in [3.63, 3.8) is 0 Å². The van der Waals surface area contributed by atoms with Gasteiger partial charge in [-0.25, -0.2) is 4.99 Å². The third-order valence-electron chi connectivity index (χ3n) is 4.00. The highest BCUT2D eigenvalue weighted by Gasteiger charge is 2.16. The number of ether oxygens (including phenoxy) is 1. The number of carbonyl (C=O) groups is 1. The molecule has 0 aliphatic rings. The summed E-state index contributed by atoms with van der Waals surface area (Å²) in [5.74, 6) is 0.175. The number of benzene rings is 3. The molecule has 154 valence electrons. The number of guanidine groups is 1. The highest BCUT2D eigenvalue weighted by atomic mass is 32.2. The second-order valence-corrected chi connectivity index (χ2v) is 7.47. The van der Waals surface area contributed by atoms with E-state index < -0.39 is 16.0 Å². The van der Waals surface area contributed by atoms with Gasteiger partial charge in [-0.15, -0.1) is 0 Å². The number of hydrogen-bond acceptors (Lipinski definition) is 5. The first-order valence-corrected chi connectivity index (χ1v) is 10.2. The van der Waals surface area contributed by atoms with Crippen LogP contribution in [-0.2, 0) is 10.1 Å². The van der Waals surface area contributed by atoms with Crippen LogP contribution >= 0.6 is 0 Å². The van der Waals surface area contributed by atoms with Crippen LogP contribution in [0, 0.1) is 0 Å². The van der Waals surface area contributed by atoms with Gasteiger partial charge in [-0.2, -0.15) is 8.42 Å². The second kappa shape index (κ2) is 9.21. The maximum Gasteiger partial charge on any atom is 0.296 e. The van der Waals surface area contributed by atoms with Gasteiger partial charge < -0.3 is 10.1 Å². The SMILES string of the molecule is COc1ccc(NC(=Nc2ccccc2S(=O)(=O)O)NC(=O)c2ccccc2)cc1. The third-order valence-corrected chi connectivity index (χ3v) is 4.90. The molecule has 8 nitrogen and oxygen atoms in total.